The maximum absolute atomic E-state index is 13.9. The average molecular weight is 399 g/mol. The van der Waals surface area contributed by atoms with Gasteiger partial charge in [0.1, 0.15) is 10.7 Å². The second-order valence-corrected chi connectivity index (χ2v) is 9.60. The van der Waals surface area contributed by atoms with Crippen molar-refractivity contribution in [1.82, 2.24) is 9.62 Å². The lowest BCUT2D eigenvalue weighted by atomic mass is 9.86. The minimum absolute atomic E-state index is 0.0363. The summed E-state index contributed by atoms with van der Waals surface area (Å²) in [5.74, 6) is -0.178. The Balaban J connectivity index is 1.51. The van der Waals surface area contributed by atoms with Gasteiger partial charge in [-0.25, -0.2) is 12.8 Å². The van der Waals surface area contributed by atoms with Crippen molar-refractivity contribution in [2.24, 2.45) is 5.92 Å². The number of piperazine rings is 1. The van der Waals surface area contributed by atoms with E-state index < -0.39 is 15.8 Å². The molecule has 1 heterocycles. The molecule has 0 bridgehead atoms. The molecule has 2 N–H and O–H groups in total. The lowest BCUT2D eigenvalue weighted by molar-refractivity contribution is -0.895. The number of quaternary nitrogens is 1. The van der Waals surface area contributed by atoms with Crippen LogP contribution in [0, 0.1) is 11.7 Å². The van der Waals surface area contributed by atoms with Crippen molar-refractivity contribution >= 4 is 15.9 Å². The Morgan fingerprint density at radius 3 is 2.56 bits per heavy atom. The van der Waals surface area contributed by atoms with E-state index in [1.165, 1.54) is 28.9 Å². The monoisotopic (exact) mass is 398 g/mol. The molecule has 2 aliphatic rings. The number of sulfonamides is 1. The normalized spacial score (nSPS) is 25.3. The quantitative estimate of drug-likeness (QED) is 0.755. The number of benzene rings is 1. The van der Waals surface area contributed by atoms with Gasteiger partial charge in [-0.15, -0.1) is 0 Å². The lowest BCUT2D eigenvalue weighted by Crippen LogP contribution is -3.15. The highest BCUT2D eigenvalue weighted by atomic mass is 32.2. The molecule has 1 aromatic rings. The van der Waals surface area contributed by atoms with Gasteiger partial charge in [0.2, 0.25) is 10.0 Å². The molecule has 2 fully saturated rings. The summed E-state index contributed by atoms with van der Waals surface area (Å²) in [5, 5.41) is 3.15. The number of carbonyl (C=O) groups is 1. The molecule has 1 aliphatic heterocycles. The Kier molecular flexibility index (Phi) is 6.49. The van der Waals surface area contributed by atoms with E-state index in [-0.39, 0.29) is 16.8 Å². The van der Waals surface area contributed by atoms with Crippen molar-refractivity contribution < 1.29 is 22.5 Å². The largest absolute Gasteiger partial charge is 0.348 e. The van der Waals surface area contributed by atoms with Crippen LogP contribution in [0.25, 0.3) is 0 Å². The molecule has 0 spiro atoms. The van der Waals surface area contributed by atoms with Gasteiger partial charge in [-0.1, -0.05) is 31.9 Å². The third kappa shape index (κ3) is 4.86. The van der Waals surface area contributed by atoms with E-state index in [9.17, 15) is 17.6 Å². The number of hydrogen-bond acceptors (Lipinski definition) is 3. The lowest BCUT2D eigenvalue weighted by Gasteiger charge is -2.33. The van der Waals surface area contributed by atoms with Crippen molar-refractivity contribution in [3.05, 3.63) is 30.1 Å². The van der Waals surface area contributed by atoms with Crippen molar-refractivity contribution in [1.29, 1.82) is 0 Å². The smallest absolute Gasteiger partial charge is 0.275 e. The minimum atomic E-state index is -3.83. The summed E-state index contributed by atoms with van der Waals surface area (Å²) >= 11 is 0. The molecule has 0 radical (unpaired) electrons. The Morgan fingerprint density at radius 1 is 1.22 bits per heavy atom. The van der Waals surface area contributed by atoms with Crippen molar-refractivity contribution in [3.63, 3.8) is 0 Å². The average Bonchev–Trinajstić information content (AvgIpc) is 2.64. The zero-order valence-corrected chi connectivity index (χ0v) is 16.6. The number of amides is 1. The molecule has 27 heavy (non-hydrogen) atoms. The summed E-state index contributed by atoms with van der Waals surface area (Å²) in [6.07, 6.45) is 4.59. The molecule has 0 aromatic heterocycles. The summed E-state index contributed by atoms with van der Waals surface area (Å²) in [6.45, 7) is 4.21. The number of nitrogens with one attached hydrogen (secondary N) is 2. The fourth-order valence-corrected chi connectivity index (χ4v) is 5.53. The first-order chi connectivity index (χ1) is 12.9. The molecular weight excluding hydrogens is 369 g/mol. The highest BCUT2D eigenvalue weighted by Gasteiger charge is 2.33. The molecule has 2 atom stereocenters. The summed E-state index contributed by atoms with van der Waals surface area (Å²) < 4.78 is 40.5. The maximum atomic E-state index is 13.9. The molecule has 1 amide bonds. The van der Waals surface area contributed by atoms with Crippen molar-refractivity contribution in [2.75, 3.05) is 32.7 Å². The van der Waals surface area contributed by atoms with Gasteiger partial charge in [0.15, 0.2) is 6.54 Å². The Bertz CT molecular complexity index is 763. The fraction of sp³-hybridized carbons (Fsp3) is 0.632. The van der Waals surface area contributed by atoms with Crippen molar-refractivity contribution in [2.45, 2.75) is 43.5 Å². The molecular formula is C19H29FN3O3S+. The second-order valence-electron chi connectivity index (χ2n) is 7.70. The van der Waals surface area contributed by atoms with Gasteiger partial charge in [0.25, 0.3) is 5.91 Å². The SMILES string of the molecule is C[C@H]1CCCC[C@@H]1NC(=O)C[NH+]1CCN(S(=O)(=O)c2ccccc2F)CC1. The van der Waals surface area contributed by atoms with Gasteiger partial charge in [-0.2, -0.15) is 4.31 Å². The van der Waals surface area contributed by atoms with Crippen LogP contribution < -0.4 is 10.2 Å². The molecule has 8 heteroatoms. The van der Waals surface area contributed by atoms with E-state index in [2.05, 4.69) is 12.2 Å². The van der Waals surface area contributed by atoms with Crippen LogP contribution in [0.1, 0.15) is 32.6 Å². The van der Waals surface area contributed by atoms with Crippen molar-refractivity contribution in [3.8, 4) is 0 Å². The number of hydrogen-bond donors (Lipinski definition) is 2. The summed E-state index contributed by atoms with van der Waals surface area (Å²) in [5.41, 5.74) is 0. The van der Waals surface area contributed by atoms with Gasteiger partial charge < -0.3 is 10.2 Å². The van der Waals surface area contributed by atoms with Crippen LogP contribution in [-0.2, 0) is 14.8 Å². The minimum Gasteiger partial charge on any atom is -0.348 e. The Labute approximate surface area is 160 Å². The highest BCUT2D eigenvalue weighted by Crippen LogP contribution is 2.23. The zero-order chi connectivity index (χ0) is 19.4. The predicted octanol–water partition coefficient (Wildman–Crippen LogP) is 0.410. The van der Waals surface area contributed by atoms with Crippen LogP contribution >= 0.6 is 0 Å². The third-order valence-corrected chi connectivity index (χ3v) is 7.68. The van der Waals surface area contributed by atoms with Crippen LogP contribution in [0.3, 0.4) is 0 Å². The maximum Gasteiger partial charge on any atom is 0.275 e. The molecule has 1 aliphatic carbocycles. The van der Waals surface area contributed by atoms with E-state index in [1.807, 2.05) is 0 Å². The van der Waals surface area contributed by atoms with Crippen LogP contribution in [0.5, 0.6) is 0 Å². The predicted molar refractivity (Wildman–Crippen MR) is 100 cm³/mol. The van der Waals surface area contributed by atoms with E-state index in [0.717, 1.165) is 30.2 Å². The van der Waals surface area contributed by atoms with Gasteiger partial charge in [0, 0.05) is 6.04 Å². The van der Waals surface area contributed by atoms with Gasteiger partial charge in [-0.3, -0.25) is 4.79 Å². The van der Waals surface area contributed by atoms with Gasteiger partial charge in [-0.05, 0) is 30.9 Å². The van der Waals surface area contributed by atoms with Crippen LogP contribution in [0.15, 0.2) is 29.2 Å². The first-order valence-electron chi connectivity index (χ1n) is 9.75. The van der Waals surface area contributed by atoms with Gasteiger partial charge >= 0.3 is 0 Å². The fourth-order valence-electron chi connectivity index (χ4n) is 4.03. The molecule has 6 nitrogen and oxygen atoms in total. The third-order valence-electron chi connectivity index (χ3n) is 5.75. The van der Waals surface area contributed by atoms with E-state index in [4.69, 9.17) is 0 Å². The van der Waals surface area contributed by atoms with E-state index >= 15 is 0 Å². The number of carbonyl (C=O) groups excluding carboxylic acids is 1. The number of halogens is 1. The van der Waals surface area contributed by atoms with E-state index in [1.54, 1.807) is 0 Å². The first kappa shape index (κ1) is 20.2. The summed E-state index contributed by atoms with van der Waals surface area (Å²) in [4.78, 5) is 13.1. The Morgan fingerprint density at radius 2 is 1.89 bits per heavy atom. The Hall–Kier alpha value is -1.51. The van der Waals surface area contributed by atoms with Gasteiger partial charge in [0.05, 0.1) is 26.2 Å². The molecule has 3 rings (SSSR count). The molecule has 150 valence electrons. The molecule has 0 unspecified atom stereocenters. The van der Waals surface area contributed by atoms with Crippen LogP contribution in [0.2, 0.25) is 0 Å². The number of nitrogens with zero attached hydrogens (tertiary/aromatic N) is 1. The van der Waals surface area contributed by atoms with Crippen LogP contribution in [-0.4, -0.2) is 57.4 Å². The molecule has 1 saturated heterocycles. The second kappa shape index (κ2) is 8.67. The summed E-state index contributed by atoms with van der Waals surface area (Å²) in [6, 6.07) is 5.71. The summed E-state index contributed by atoms with van der Waals surface area (Å²) in [7, 11) is -3.83. The van der Waals surface area contributed by atoms with Crippen LogP contribution in [0.4, 0.5) is 4.39 Å². The van der Waals surface area contributed by atoms with E-state index in [0.29, 0.717) is 38.6 Å². The standard InChI is InChI=1S/C19H28FN3O3S/c1-15-6-2-4-8-17(15)21-19(24)14-22-10-12-23(13-11-22)27(25,26)18-9-5-3-7-16(18)20/h3,5,7,9,15,17H,2,4,6,8,10-14H2,1H3,(H,21,24)/p+1/t15-,17-/m0/s1. The number of rotatable bonds is 5. The molecule has 1 saturated carbocycles. The topological polar surface area (TPSA) is 70.9 Å². The molecule has 1 aromatic carbocycles. The first-order valence-corrected chi connectivity index (χ1v) is 11.2. The highest BCUT2D eigenvalue weighted by molar-refractivity contribution is 7.89. The zero-order valence-electron chi connectivity index (χ0n) is 15.8.